The fourth-order valence-electron chi connectivity index (χ4n) is 5.28. The van der Waals surface area contributed by atoms with E-state index in [-0.39, 0.29) is 34.8 Å². The number of piperidine rings is 1. The summed E-state index contributed by atoms with van der Waals surface area (Å²) in [7, 11) is -4.24. The van der Waals surface area contributed by atoms with Crippen molar-refractivity contribution >= 4 is 27.8 Å². The average molecular weight is 653 g/mol. The van der Waals surface area contributed by atoms with E-state index in [2.05, 4.69) is 15.4 Å². The first-order valence-corrected chi connectivity index (χ1v) is 16.5. The zero-order chi connectivity index (χ0) is 33.6. The number of nitrogens with two attached hydrogens (primary N) is 1. The summed E-state index contributed by atoms with van der Waals surface area (Å²) < 4.78 is 44.1. The number of aliphatic hydroxyl groups excluding tert-OH is 1. The molecule has 0 saturated carbocycles. The highest BCUT2D eigenvalue weighted by atomic mass is 32.2. The first-order valence-electron chi connectivity index (χ1n) is 15.0. The van der Waals surface area contributed by atoms with Crippen LogP contribution in [-0.4, -0.2) is 66.9 Å². The van der Waals surface area contributed by atoms with Gasteiger partial charge in [0.1, 0.15) is 17.7 Å². The smallest absolute Gasteiger partial charge is 0.315 e. The molecule has 46 heavy (non-hydrogen) atoms. The van der Waals surface area contributed by atoms with Gasteiger partial charge in [-0.15, -0.1) is 0 Å². The maximum Gasteiger partial charge on any atom is 0.315 e. The number of hydrogen-bond donors (Lipinski definition) is 6. The number of hydrogen-bond acceptors (Lipinski definition) is 6. The first-order chi connectivity index (χ1) is 21.6. The number of carbonyl (C=O) groups is 2. The summed E-state index contributed by atoms with van der Waals surface area (Å²) in [6.07, 6.45) is 0.999. The summed E-state index contributed by atoms with van der Waals surface area (Å²) in [4.78, 5) is 27.8. The van der Waals surface area contributed by atoms with Crippen LogP contribution in [0, 0.1) is 11.2 Å². The molecule has 1 aliphatic heterocycles. The number of sulfonamides is 1. The van der Waals surface area contributed by atoms with Crippen LogP contribution in [0.1, 0.15) is 50.3 Å². The Bertz CT molecular complexity index is 1700. The second-order valence-corrected chi connectivity index (χ2v) is 14.1. The third-order valence-electron chi connectivity index (χ3n) is 7.60. The van der Waals surface area contributed by atoms with Crippen LogP contribution in [0.25, 0.3) is 11.1 Å². The molecule has 3 amide bonds. The molecule has 3 aromatic rings. The van der Waals surface area contributed by atoms with Gasteiger partial charge in [0.25, 0.3) is 0 Å². The summed E-state index contributed by atoms with van der Waals surface area (Å²) in [5.74, 6) is -1.14. The van der Waals surface area contributed by atoms with Crippen LogP contribution in [0.4, 0.5) is 9.18 Å². The number of halogens is 1. The second kappa shape index (κ2) is 14.4. The van der Waals surface area contributed by atoms with Gasteiger partial charge < -0.3 is 26.4 Å². The van der Waals surface area contributed by atoms with E-state index in [0.717, 1.165) is 0 Å². The number of amidine groups is 1. The number of urea groups is 1. The zero-order valence-corrected chi connectivity index (χ0v) is 27.0. The minimum absolute atomic E-state index is 0.00284. The minimum atomic E-state index is -4.24. The van der Waals surface area contributed by atoms with Crippen LogP contribution in [0.3, 0.4) is 0 Å². The van der Waals surface area contributed by atoms with Gasteiger partial charge in [-0.05, 0) is 87.1 Å². The molecule has 1 fully saturated rings. The van der Waals surface area contributed by atoms with Crippen molar-refractivity contribution in [3.8, 4) is 11.1 Å². The van der Waals surface area contributed by atoms with Crippen molar-refractivity contribution in [2.45, 2.75) is 69.2 Å². The van der Waals surface area contributed by atoms with E-state index in [0.29, 0.717) is 48.2 Å². The number of nitrogens with one attached hydrogen (secondary N) is 4. The summed E-state index contributed by atoms with van der Waals surface area (Å²) in [5.41, 5.74) is 7.41. The molecule has 1 heterocycles. The van der Waals surface area contributed by atoms with Gasteiger partial charge >= 0.3 is 6.03 Å². The molecule has 7 N–H and O–H groups in total. The Morgan fingerprint density at radius 1 is 1.04 bits per heavy atom. The number of amides is 3. The SMILES string of the molecule is CC(C)(C)NC(=O)NC1CCN(C(=O)[C@H](Cc2cccc(C(=N)N)c2)NS(=O)(=O)c2cccc(-c3ccc(F)c(CO)c3)c2)CC1. The number of aliphatic hydroxyl groups is 1. The molecule has 0 aliphatic carbocycles. The average Bonchev–Trinajstić information content (AvgIpc) is 3.00. The van der Waals surface area contributed by atoms with Crippen LogP contribution >= 0.6 is 0 Å². The Hall–Kier alpha value is -4.33. The molecule has 4 rings (SSSR count). The zero-order valence-electron chi connectivity index (χ0n) is 26.1. The van der Waals surface area contributed by atoms with Crippen molar-refractivity contribution in [1.29, 1.82) is 5.41 Å². The number of nitrogens with zero attached hydrogens (tertiary/aromatic N) is 1. The first kappa shape index (κ1) is 34.5. The van der Waals surface area contributed by atoms with E-state index in [4.69, 9.17) is 11.1 Å². The van der Waals surface area contributed by atoms with Crippen molar-refractivity contribution in [3.63, 3.8) is 0 Å². The van der Waals surface area contributed by atoms with Crippen LogP contribution < -0.4 is 21.1 Å². The van der Waals surface area contributed by atoms with Crippen LogP contribution in [0.2, 0.25) is 0 Å². The van der Waals surface area contributed by atoms with Gasteiger partial charge in [-0.25, -0.2) is 17.6 Å². The van der Waals surface area contributed by atoms with E-state index < -0.39 is 39.9 Å². The van der Waals surface area contributed by atoms with Gasteiger partial charge in [0, 0.05) is 35.8 Å². The fourth-order valence-corrected chi connectivity index (χ4v) is 6.52. The summed E-state index contributed by atoms with van der Waals surface area (Å²) >= 11 is 0. The molecule has 1 atom stereocenters. The molecule has 0 radical (unpaired) electrons. The Balaban J connectivity index is 1.56. The van der Waals surface area contributed by atoms with Gasteiger partial charge in [-0.3, -0.25) is 10.2 Å². The Morgan fingerprint density at radius 3 is 2.37 bits per heavy atom. The molecule has 1 saturated heterocycles. The Kier molecular flexibility index (Phi) is 10.8. The van der Waals surface area contributed by atoms with Gasteiger partial charge in [0.2, 0.25) is 15.9 Å². The van der Waals surface area contributed by atoms with Gasteiger partial charge in [0.15, 0.2) is 0 Å². The maximum atomic E-state index is 14.0. The highest BCUT2D eigenvalue weighted by Crippen LogP contribution is 2.25. The summed E-state index contributed by atoms with van der Waals surface area (Å²) in [6.45, 7) is 5.77. The number of rotatable bonds is 10. The molecule has 0 bridgehead atoms. The maximum absolute atomic E-state index is 14.0. The molecule has 1 aliphatic rings. The third kappa shape index (κ3) is 9.12. The topological polar surface area (TPSA) is 178 Å². The van der Waals surface area contributed by atoms with E-state index in [1.807, 2.05) is 20.8 Å². The number of nitrogen functional groups attached to an aromatic ring is 1. The lowest BCUT2D eigenvalue weighted by Gasteiger charge is -2.35. The monoisotopic (exact) mass is 652 g/mol. The predicted molar refractivity (Wildman–Crippen MR) is 174 cm³/mol. The third-order valence-corrected chi connectivity index (χ3v) is 9.07. The van der Waals surface area contributed by atoms with Crippen molar-refractivity contribution < 1.29 is 27.5 Å². The molecule has 11 nitrogen and oxygen atoms in total. The van der Waals surface area contributed by atoms with Crippen molar-refractivity contribution in [3.05, 3.63) is 89.2 Å². The van der Waals surface area contributed by atoms with Gasteiger partial charge in [-0.2, -0.15) is 4.72 Å². The number of likely N-dealkylation sites (tertiary alicyclic amines) is 1. The van der Waals surface area contributed by atoms with E-state index in [9.17, 15) is 27.5 Å². The molecule has 246 valence electrons. The summed E-state index contributed by atoms with van der Waals surface area (Å²) in [6, 6.07) is 15.3. The van der Waals surface area contributed by atoms with Crippen LogP contribution in [-0.2, 0) is 27.8 Å². The van der Waals surface area contributed by atoms with E-state index in [1.165, 1.54) is 30.3 Å². The summed E-state index contributed by atoms with van der Waals surface area (Å²) in [5, 5.41) is 23.1. The normalized spacial score (nSPS) is 14.8. The van der Waals surface area contributed by atoms with Crippen LogP contribution in [0.15, 0.2) is 71.6 Å². The lowest BCUT2D eigenvalue weighted by Crippen LogP contribution is -2.55. The fraction of sp³-hybridized carbons (Fsp3) is 0.364. The van der Waals surface area contributed by atoms with E-state index >= 15 is 0 Å². The number of benzene rings is 3. The van der Waals surface area contributed by atoms with Gasteiger partial charge in [-0.1, -0.05) is 36.4 Å². The highest BCUT2D eigenvalue weighted by molar-refractivity contribution is 7.89. The minimum Gasteiger partial charge on any atom is -0.392 e. The highest BCUT2D eigenvalue weighted by Gasteiger charge is 2.32. The molecule has 3 aromatic carbocycles. The molecular formula is C33H41FN6O5S. The number of carbonyl (C=O) groups excluding carboxylic acids is 2. The quantitative estimate of drug-likeness (QED) is 0.145. The molecule has 0 spiro atoms. The lowest BCUT2D eigenvalue weighted by molar-refractivity contribution is -0.134. The molecule has 0 aromatic heterocycles. The largest absolute Gasteiger partial charge is 0.392 e. The second-order valence-electron chi connectivity index (χ2n) is 12.4. The molecule has 13 heteroatoms. The Labute approximate surface area is 268 Å². The van der Waals surface area contributed by atoms with Crippen LogP contribution in [0.5, 0.6) is 0 Å². The van der Waals surface area contributed by atoms with Crippen molar-refractivity contribution in [2.24, 2.45) is 5.73 Å². The predicted octanol–water partition coefficient (Wildman–Crippen LogP) is 3.25. The standard InChI is InChI=1S/C33H41FN6O5S/c1-33(2,3)38-32(43)37-26-12-14-40(15-13-26)31(42)29(17-21-6-4-8-24(16-21)30(35)36)39-46(44,45)27-9-5-7-22(19-27)23-10-11-28(34)25(18-23)20-41/h4-11,16,18-19,26,29,39,41H,12-15,17,20H2,1-3H3,(H3,35,36)(H2,37,38,43)/t29-/m0/s1. The Morgan fingerprint density at radius 2 is 1.72 bits per heavy atom. The lowest BCUT2D eigenvalue weighted by atomic mass is 10.0. The van der Waals surface area contributed by atoms with Crippen molar-refractivity contribution in [2.75, 3.05) is 13.1 Å². The van der Waals surface area contributed by atoms with E-state index in [1.54, 1.807) is 41.3 Å². The van der Waals surface area contributed by atoms with Gasteiger partial charge in [0.05, 0.1) is 11.5 Å². The molecular weight excluding hydrogens is 611 g/mol. The van der Waals surface area contributed by atoms with Crippen molar-refractivity contribution in [1.82, 2.24) is 20.3 Å². The molecule has 0 unspecified atom stereocenters.